The summed E-state index contributed by atoms with van der Waals surface area (Å²) in [6, 6.07) is -0.434. The largest absolute Gasteiger partial charge is 0.480 e. The molecule has 0 aromatic heterocycles. The molecule has 108 valence electrons. The molecule has 1 heterocycles. The highest BCUT2D eigenvalue weighted by molar-refractivity contribution is 5.80. The Morgan fingerprint density at radius 3 is 2.68 bits per heavy atom. The maximum Gasteiger partial charge on any atom is 0.323 e. The van der Waals surface area contributed by atoms with E-state index in [0.29, 0.717) is 13.2 Å². The van der Waals surface area contributed by atoms with Crippen molar-refractivity contribution in [3.05, 3.63) is 0 Å². The van der Waals surface area contributed by atoms with Crippen molar-refractivity contribution in [2.45, 2.75) is 44.2 Å². The number of carbonyl (C=O) groups is 2. The SMILES string of the molecule is O=C(CN1CCOCC1C(=O)O)NC1CCCCC1. The number of ether oxygens (including phenoxy) is 1. The van der Waals surface area contributed by atoms with Gasteiger partial charge in [0.25, 0.3) is 0 Å². The predicted octanol–water partition coefficient (Wildman–Crippen LogP) is 0.221. The molecule has 2 rings (SSSR count). The molecule has 0 aromatic rings. The van der Waals surface area contributed by atoms with E-state index in [1.54, 1.807) is 4.90 Å². The third-order valence-corrected chi connectivity index (χ3v) is 3.84. The van der Waals surface area contributed by atoms with Crippen LogP contribution in [-0.2, 0) is 14.3 Å². The minimum atomic E-state index is -0.926. The van der Waals surface area contributed by atoms with Crippen LogP contribution in [0.4, 0.5) is 0 Å². The molecule has 1 amide bonds. The van der Waals surface area contributed by atoms with Crippen LogP contribution in [0.25, 0.3) is 0 Å². The van der Waals surface area contributed by atoms with Crippen LogP contribution in [0.3, 0.4) is 0 Å². The molecule has 2 aliphatic rings. The van der Waals surface area contributed by atoms with Gasteiger partial charge in [0.05, 0.1) is 19.8 Å². The summed E-state index contributed by atoms with van der Waals surface area (Å²) in [5.74, 6) is -0.995. The lowest BCUT2D eigenvalue weighted by molar-refractivity contribution is -0.150. The van der Waals surface area contributed by atoms with E-state index in [1.807, 2.05) is 0 Å². The van der Waals surface area contributed by atoms with Crippen molar-refractivity contribution < 1.29 is 19.4 Å². The van der Waals surface area contributed by atoms with Gasteiger partial charge in [0.2, 0.25) is 5.91 Å². The lowest BCUT2D eigenvalue weighted by atomic mass is 9.95. The first-order valence-electron chi connectivity index (χ1n) is 7.01. The van der Waals surface area contributed by atoms with Gasteiger partial charge in [-0.25, -0.2) is 0 Å². The summed E-state index contributed by atoms with van der Waals surface area (Å²) >= 11 is 0. The third kappa shape index (κ3) is 4.18. The van der Waals surface area contributed by atoms with Gasteiger partial charge in [-0.1, -0.05) is 19.3 Å². The van der Waals surface area contributed by atoms with Gasteiger partial charge < -0.3 is 15.2 Å². The smallest absolute Gasteiger partial charge is 0.323 e. The van der Waals surface area contributed by atoms with Crippen molar-refractivity contribution in [3.63, 3.8) is 0 Å². The number of rotatable bonds is 4. The van der Waals surface area contributed by atoms with Crippen LogP contribution in [0, 0.1) is 0 Å². The van der Waals surface area contributed by atoms with Gasteiger partial charge in [-0.15, -0.1) is 0 Å². The molecule has 2 N–H and O–H groups in total. The van der Waals surface area contributed by atoms with Crippen LogP contribution in [0.2, 0.25) is 0 Å². The van der Waals surface area contributed by atoms with Gasteiger partial charge in [0, 0.05) is 12.6 Å². The second kappa shape index (κ2) is 6.86. The summed E-state index contributed by atoms with van der Waals surface area (Å²) in [7, 11) is 0. The third-order valence-electron chi connectivity index (χ3n) is 3.84. The Labute approximate surface area is 113 Å². The van der Waals surface area contributed by atoms with E-state index in [4.69, 9.17) is 9.84 Å². The van der Waals surface area contributed by atoms with Crippen molar-refractivity contribution in [1.29, 1.82) is 0 Å². The maximum absolute atomic E-state index is 12.0. The van der Waals surface area contributed by atoms with Crippen molar-refractivity contribution in [2.75, 3.05) is 26.3 Å². The van der Waals surface area contributed by atoms with Gasteiger partial charge in [-0.3, -0.25) is 14.5 Å². The highest BCUT2D eigenvalue weighted by Gasteiger charge is 2.30. The molecule has 0 spiro atoms. The van der Waals surface area contributed by atoms with Crippen LogP contribution < -0.4 is 5.32 Å². The molecular formula is C13H22N2O4. The van der Waals surface area contributed by atoms with Crippen molar-refractivity contribution in [1.82, 2.24) is 10.2 Å². The molecule has 1 saturated carbocycles. The minimum Gasteiger partial charge on any atom is -0.480 e. The summed E-state index contributed by atoms with van der Waals surface area (Å²) < 4.78 is 5.15. The molecule has 1 aliphatic heterocycles. The summed E-state index contributed by atoms with van der Waals surface area (Å²) in [5, 5.41) is 12.1. The Hall–Kier alpha value is -1.14. The summed E-state index contributed by atoms with van der Waals surface area (Å²) in [5.41, 5.74) is 0. The predicted molar refractivity (Wildman–Crippen MR) is 68.8 cm³/mol. The number of carboxylic acid groups (broad SMARTS) is 1. The second-order valence-corrected chi connectivity index (χ2v) is 5.30. The average Bonchev–Trinajstić information content (AvgIpc) is 2.40. The first kappa shape index (κ1) is 14.3. The molecule has 0 aromatic carbocycles. The number of hydrogen-bond donors (Lipinski definition) is 2. The zero-order chi connectivity index (χ0) is 13.7. The number of hydrogen-bond acceptors (Lipinski definition) is 4. The zero-order valence-corrected chi connectivity index (χ0v) is 11.1. The first-order chi connectivity index (χ1) is 9.16. The van der Waals surface area contributed by atoms with E-state index in [9.17, 15) is 9.59 Å². The number of nitrogens with zero attached hydrogens (tertiary/aromatic N) is 1. The van der Waals surface area contributed by atoms with Crippen molar-refractivity contribution in [3.8, 4) is 0 Å². The first-order valence-corrected chi connectivity index (χ1v) is 7.01. The van der Waals surface area contributed by atoms with Gasteiger partial charge in [0.15, 0.2) is 0 Å². The number of aliphatic carboxylic acids is 1. The lowest BCUT2D eigenvalue weighted by Gasteiger charge is -2.32. The van der Waals surface area contributed by atoms with Crippen LogP contribution in [0.5, 0.6) is 0 Å². The van der Waals surface area contributed by atoms with E-state index in [-0.39, 0.29) is 25.1 Å². The van der Waals surface area contributed by atoms with Gasteiger partial charge in [0.1, 0.15) is 6.04 Å². The van der Waals surface area contributed by atoms with Crippen molar-refractivity contribution >= 4 is 11.9 Å². The molecule has 6 heteroatoms. The van der Waals surface area contributed by atoms with Crippen LogP contribution >= 0.6 is 0 Å². The summed E-state index contributed by atoms with van der Waals surface area (Å²) in [4.78, 5) is 24.7. The highest BCUT2D eigenvalue weighted by atomic mass is 16.5. The van der Waals surface area contributed by atoms with Crippen LogP contribution in [0.1, 0.15) is 32.1 Å². The lowest BCUT2D eigenvalue weighted by Crippen LogP contribution is -2.54. The molecule has 2 fully saturated rings. The van der Waals surface area contributed by atoms with E-state index in [1.165, 1.54) is 19.3 Å². The molecule has 19 heavy (non-hydrogen) atoms. The number of amides is 1. The van der Waals surface area contributed by atoms with E-state index in [2.05, 4.69) is 5.32 Å². The Bertz CT molecular complexity index is 329. The normalized spacial score (nSPS) is 26.0. The van der Waals surface area contributed by atoms with E-state index < -0.39 is 12.0 Å². The number of carbonyl (C=O) groups excluding carboxylic acids is 1. The Kier molecular flexibility index (Phi) is 5.15. The fourth-order valence-corrected chi connectivity index (χ4v) is 2.76. The number of carboxylic acids is 1. The molecule has 6 nitrogen and oxygen atoms in total. The molecule has 1 saturated heterocycles. The molecular weight excluding hydrogens is 248 g/mol. The zero-order valence-electron chi connectivity index (χ0n) is 11.1. The second-order valence-electron chi connectivity index (χ2n) is 5.30. The fraction of sp³-hybridized carbons (Fsp3) is 0.846. The summed E-state index contributed by atoms with van der Waals surface area (Å²) in [6.07, 6.45) is 5.66. The van der Waals surface area contributed by atoms with Crippen LogP contribution in [-0.4, -0.2) is 60.3 Å². The molecule has 1 unspecified atom stereocenters. The Morgan fingerprint density at radius 1 is 1.26 bits per heavy atom. The topological polar surface area (TPSA) is 78.9 Å². The van der Waals surface area contributed by atoms with Crippen LogP contribution in [0.15, 0.2) is 0 Å². The summed E-state index contributed by atoms with van der Waals surface area (Å²) in [6.45, 7) is 1.29. The van der Waals surface area contributed by atoms with Crippen molar-refractivity contribution in [2.24, 2.45) is 0 Å². The Balaban J connectivity index is 1.80. The average molecular weight is 270 g/mol. The molecule has 1 aliphatic carbocycles. The van der Waals surface area contributed by atoms with Gasteiger partial charge >= 0.3 is 5.97 Å². The van der Waals surface area contributed by atoms with E-state index >= 15 is 0 Å². The number of morpholine rings is 1. The molecule has 0 radical (unpaired) electrons. The monoisotopic (exact) mass is 270 g/mol. The number of nitrogens with one attached hydrogen (secondary N) is 1. The van der Waals surface area contributed by atoms with Gasteiger partial charge in [-0.2, -0.15) is 0 Å². The maximum atomic E-state index is 12.0. The quantitative estimate of drug-likeness (QED) is 0.764. The van der Waals surface area contributed by atoms with E-state index in [0.717, 1.165) is 12.8 Å². The fourth-order valence-electron chi connectivity index (χ4n) is 2.76. The molecule has 0 bridgehead atoms. The van der Waals surface area contributed by atoms with Gasteiger partial charge in [-0.05, 0) is 12.8 Å². The minimum absolute atomic E-state index is 0.0694. The highest BCUT2D eigenvalue weighted by Crippen LogP contribution is 2.17. The standard InChI is InChI=1S/C13H22N2O4/c16-12(14-10-4-2-1-3-5-10)8-15-6-7-19-9-11(15)13(17)18/h10-11H,1-9H2,(H,14,16)(H,17,18). The molecule has 1 atom stereocenters. The Morgan fingerprint density at radius 2 is 2.00 bits per heavy atom.